The average Bonchev–Trinajstić information content (AvgIpc) is 2.39. The second-order valence-electron chi connectivity index (χ2n) is 3.70. The molecule has 6 heteroatoms. The molecule has 98 valence electrons. The molecule has 19 heavy (non-hydrogen) atoms. The number of benzene rings is 2. The van der Waals surface area contributed by atoms with Crippen molar-refractivity contribution in [2.45, 2.75) is 0 Å². The third-order valence-electron chi connectivity index (χ3n) is 2.51. The van der Waals surface area contributed by atoms with Crippen molar-refractivity contribution in [3.8, 4) is 11.1 Å². The van der Waals surface area contributed by atoms with Crippen LogP contribution in [0.5, 0.6) is 0 Å². The molecule has 2 rings (SSSR count). The predicted octanol–water partition coefficient (Wildman–Crippen LogP) is 5.92. The molecule has 2 aromatic rings. The highest BCUT2D eigenvalue weighted by Crippen LogP contribution is 2.44. The number of carbonyl (C=O) groups is 1. The fraction of sp³-hybridized carbons (Fsp3) is 0. The molecule has 0 atom stereocenters. The van der Waals surface area contributed by atoms with E-state index in [1.807, 2.05) is 0 Å². The Bertz CT molecular complexity index is 644. The zero-order valence-corrected chi connectivity index (χ0v) is 12.2. The molecule has 0 fully saturated rings. The van der Waals surface area contributed by atoms with Gasteiger partial charge in [-0.2, -0.15) is 0 Å². The highest BCUT2D eigenvalue weighted by Gasteiger charge is 2.18. The molecular weight excluding hydrogens is 333 g/mol. The first-order valence-electron chi connectivity index (χ1n) is 5.03. The third-order valence-corrected chi connectivity index (χ3v) is 4.08. The molecular formula is C13H5Cl4FO. The third kappa shape index (κ3) is 2.72. The van der Waals surface area contributed by atoms with Crippen LogP contribution in [0.2, 0.25) is 20.1 Å². The van der Waals surface area contributed by atoms with E-state index in [2.05, 4.69) is 0 Å². The summed E-state index contributed by atoms with van der Waals surface area (Å²) in [6, 6.07) is 5.21. The molecule has 0 bridgehead atoms. The largest absolute Gasteiger partial charge is 0.298 e. The quantitative estimate of drug-likeness (QED) is 0.491. The summed E-state index contributed by atoms with van der Waals surface area (Å²) in [5.41, 5.74) is 0.533. The minimum absolute atomic E-state index is 0.0731. The molecule has 0 radical (unpaired) electrons. The second kappa shape index (κ2) is 5.68. The average molecular weight is 338 g/mol. The van der Waals surface area contributed by atoms with Crippen LogP contribution in [0.1, 0.15) is 10.4 Å². The van der Waals surface area contributed by atoms with Crippen LogP contribution in [-0.4, -0.2) is 6.29 Å². The van der Waals surface area contributed by atoms with Gasteiger partial charge >= 0.3 is 0 Å². The van der Waals surface area contributed by atoms with Gasteiger partial charge in [0.15, 0.2) is 0 Å². The van der Waals surface area contributed by atoms with E-state index in [0.29, 0.717) is 11.8 Å². The van der Waals surface area contributed by atoms with Gasteiger partial charge in [-0.15, -0.1) is 0 Å². The summed E-state index contributed by atoms with van der Waals surface area (Å²) in [7, 11) is 0. The summed E-state index contributed by atoms with van der Waals surface area (Å²) in [5.74, 6) is -0.576. The molecule has 0 aromatic heterocycles. The van der Waals surface area contributed by atoms with Gasteiger partial charge < -0.3 is 0 Å². The van der Waals surface area contributed by atoms with Gasteiger partial charge in [0.25, 0.3) is 0 Å². The Hall–Kier alpha value is -0.800. The molecule has 0 unspecified atom stereocenters. The molecule has 0 amide bonds. The highest BCUT2D eigenvalue weighted by atomic mass is 35.5. The van der Waals surface area contributed by atoms with Gasteiger partial charge in [0.1, 0.15) is 12.1 Å². The lowest BCUT2D eigenvalue weighted by atomic mass is 10.0. The first-order chi connectivity index (χ1) is 8.95. The lowest BCUT2D eigenvalue weighted by Crippen LogP contribution is -1.91. The van der Waals surface area contributed by atoms with Crippen molar-refractivity contribution in [2.75, 3.05) is 0 Å². The minimum Gasteiger partial charge on any atom is -0.298 e. The lowest BCUT2D eigenvalue weighted by Gasteiger charge is -2.11. The molecule has 0 aliphatic carbocycles. The molecule has 0 spiro atoms. The normalized spacial score (nSPS) is 10.6. The maximum Gasteiger partial charge on any atom is 0.150 e. The number of aldehydes is 1. The van der Waals surface area contributed by atoms with Gasteiger partial charge in [0.05, 0.1) is 20.1 Å². The zero-order valence-electron chi connectivity index (χ0n) is 9.18. The maximum atomic E-state index is 13.9. The fourth-order valence-corrected chi connectivity index (χ4v) is 2.63. The predicted molar refractivity (Wildman–Crippen MR) is 77.3 cm³/mol. The fourth-order valence-electron chi connectivity index (χ4n) is 1.62. The summed E-state index contributed by atoms with van der Waals surface area (Å²) in [5, 5.41) is 0.472. The van der Waals surface area contributed by atoms with Gasteiger partial charge in [0, 0.05) is 16.7 Å². The zero-order chi connectivity index (χ0) is 14.2. The molecule has 0 N–H and O–H groups in total. The van der Waals surface area contributed by atoms with Crippen molar-refractivity contribution in [1.82, 2.24) is 0 Å². The first kappa shape index (κ1) is 14.6. The number of halogens is 5. The molecule has 0 heterocycles. The van der Waals surface area contributed by atoms with Crippen LogP contribution in [0, 0.1) is 5.82 Å². The van der Waals surface area contributed by atoms with E-state index in [1.54, 1.807) is 0 Å². The number of hydrogen-bond donors (Lipinski definition) is 0. The molecule has 0 saturated carbocycles. The Morgan fingerprint density at radius 2 is 1.53 bits per heavy atom. The van der Waals surface area contributed by atoms with Crippen molar-refractivity contribution >= 4 is 52.7 Å². The van der Waals surface area contributed by atoms with Crippen molar-refractivity contribution in [1.29, 1.82) is 0 Å². The van der Waals surface area contributed by atoms with Crippen LogP contribution in [-0.2, 0) is 0 Å². The van der Waals surface area contributed by atoms with E-state index < -0.39 is 5.82 Å². The number of carbonyl (C=O) groups excluding carboxylic acids is 1. The van der Waals surface area contributed by atoms with Crippen molar-refractivity contribution in [3.63, 3.8) is 0 Å². The van der Waals surface area contributed by atoms with E-state index in [1.165, 1.54) is 18.2 Å². The molecule has 0 saturated heterocycles. The van der Waals surface area contributed by atoms with Crippen LogP contribution >= 0.6 is 46.4 Å². The summed E-state index contributed by atoms with van der Waals surface area (Å²) >= 11 is 23.9. The summed E-state index contributed by atoms with van der Waals surface area (Å²) in [6.07, 6.45) is 0.594. The van der Waals surface area contributed by atoms with Gasteiger partial charge in [0.2, 0.25) is 0 Å². The lowest BCUT2D eigenvalue weighted by molar-refractivity contribution is 0.112. The molecule has 1 nitrogen and oxygen atoms in total. The molecule has 0 aliphatic heterocycles. The van der Waals surface area contributed by atoms with E-state index in [-0.39, 0.29) is 31.2 Å². The summed E-state index contributed by atoms with van der Waals surface area (Å²) < 4.78 is 13.9. The number of rotatable bonds is 2. The Balaban J connectivity index is 2.82. The van der Waals surface area contributed by atoms with Crippen LogP contribution < -0.4 is 0 Å². The standard InChI is InChI=1S/C13H5Cl4FO/c14-8-4-9(15)13(17)11(12(8)16)7-3-6(5-19)1-2-10(7)18/h1-5H. The van der Waals surface area contributed by atoms with Crippen LogP contribution in [0.3, 0.4) is 0 Å². The van der Waals surface area contributed by atoms with Gasteiger partial charge in [-0.1, -0.05) is 46.4 Å². The monoisotopic (exact) mass is 336 g/mol. The summed E-state index contributed by atoms with van der Waals surface area (Å²) in [4.78, 5) is 10.8. The van der Waals surface area contributed by atoms with Gasteiger partial charge in [-0.3, -0.25) is 4.79 Å². The maximum absolute atomic E-state index is 13.9. The Labute approximate surface area is 128 Å². The molecule has 0 aliphatic rings. The van der Waals surface area contributed by atoms with Crippen molar-refractivity contribution in [2.24, 2.45) is 0 Å². The Morgan fingerprint density at radius 3 is 2.05 bits per heavy atom. The van der Waals surface area contributed by atoms with Crippen LogP contribution in [0.25, 0.3) is 11.1 Å². The van der Waals surface area contributed by atoms with Gasteiger partial charge in [-0.05, 0) is 24.3 Å². The SMILES string of the molecule is O=Cc1ccc(F)c(-c2c(Cl)c(Cl)cc(Cl)c2Cl)c1. The topological polar surface area (TPSA) is 17.1 Å². The van der Waals surface area contributed by atoms with E-state index in [9.17, 15) is 9.18 Å². The first-order valence-corrected chi connectivity index (χ1v) is 6.55. The van der Waals surface area contributed by atoms with E-state index in [0.717, 1.165) is 6.07 Å². The van der Waals surface area contributed by atoms with Gasteiger partial charge in [-0.25, -0.2) is 4.39 Å². The Morgan fingerprint density at radius 1 is 0.947 bits per heavy atom. The van der Waals surface area contributed by atoms with E-state index >= 15 is 0 Å². The van der Waals surface area contributed by atoms with Crippen LogP contribution in [0.15, 0.2) is 24.3 Å². The second-order valence-corrected chi connectivity index (χ2v) is 5.27. The van der Waals surface area contributed by atoms with Crippen LogP contribution in [0.4, 0.5) is 4.39 Å². The van der Waals surface area contributed by atoms with Crippen molar-refractivity contribution in [3.05, 3.63) is 55.7 Å². The molecule has 2 aromatic carbocycles. The van der Waals surface area contributed by atoms with Crippen molar-refractivity contribution < 1.29 is 9.18 Å². The smallest absolute Gasteiger partial charge is 0.150 e. The highest BCUT2D eigenvalue weighted by molar-refractivity contribution is 6.50. The van der Waals surface area contributed by atoms with E-state index in [4.69, 9.17) is 46.4 Å². The summed E-state index contributed by atoms with van der Waals surface area (Å²) in [6.45, 7) is 0. The number of hydrogen-bond acceptors (Lipinski definition) is 1. The Kier molecular flexibility index (Phi) is 4.36. The minimum atomic E-state index is -0.576.